The highest BCUT2D eigenvalue weighted by molar-refractivity contribution is 5.09. The Labute approximate surface area is 118 Å². The lowest BCUT2D eigenvalue weighted by atomic mass is 9.44. The van der Waals surface area contributed by atoms with Gasteiger partial charge in [-0.15, -0.1) is 0 Å². The Morgan fingerprint density at radius 1 is 0.895 bits per heavy atom. The van der Waals surface area contributed by atoms with Gasteiger partial charge in [-0.25, -0.2) is 0 Å². The summed E-state index contributed by atoms with van der Waals surface area (Å²) >= 11 is 0. The lowest BCUT2D eigenvalue weighted by Gasteiger charge is -2.64. The van der Waals surface area contributed by atoms with E-state index in [0.717, 1.165) is 12.3 Å². The summed E-state index contributed by atoms with van der Waals surface area (Å²) in [6.07, 6.45) is 8.98. The zero-order chi connectivity index (χ0) is 13.9. The molecule has 3 rings (SSSR count). The van der Waals surface area contributed by atoms with Crippen LogP contribution < -0.4 is 5.73 Å². The minimum absolute atomic E-state index is 0.0296. The van der Waals surface area contributed by atoms with Gasteiger partial charge in [0.2, 0.25) is 0 Å². The van der Waals surface area contributed by atoms with Gasteiger partial charge in [0.25, 0.3) is 0 Å². The van der Waals surface area contributed by atoms with E-state index in [0.29, 0.717) is 16.7 Å². The molecule has 5 atom stereocenters. The summed E-state index contributed by atoms with van der Waals surface area (Å²) in [6.45, 7) is 9.88. The smallest absolute Gasteiger partial charge is 0.106 e. The molecule has 2 heteroatoms. The third-order valence-corrected chi connectivity index (χ3v) is 6.90. The van der Waals surface area contributed by atoms with Crippen LogP contribution in [0.5, 0.6) is 0 Å². The Morgan fingerprint density at radius 2 is 1.63 bits per heavy atom. The van der Waals surface area contributed by atoms with Gasteiger partial charge >= 0.3 is 0 Å². The molecule has 2 nitrogen and oxygen atoms in total. The SMILES string of the molecule is CC1(C)CCCC2(C)C1CCC1(C)OC(N)CCC12. The van der Waals surface area contributed by atoms with E-state index < -0.39 is 0 Å². The summed E-state index contributed by atoms with van der Waals surface area (Å²) < 4.78 is 6.24. The van der Waals surface area contributed by atoms with Crippen molar-refractivity contribution in [3.8, 4) is 0 Å². The van der Waals surface area contributed by atoms with Gasteiger partial charge < -0.3 is 10.5 Å². The number of fused-ring (bicyclic) bond motifs is 3. The minimum atomic E-state index is -0.0296. The van der Waals surface area contributed by atoms with Crippen LogP contribution in [0.2, 0.25) is 0 Å². The maximum absolute atomic E-state index is 6.24. The topological polar surface area (TPSA) is 35.2 Å². The summed E-state index contributed by atoms with van der Waals surface area (Å²) in [6, 6.07) is 0. The predicted octanol–water partition coefficient (Wildman–Crippen LogP) is 4.08. The van der Waals surface area contributed by atoms with Crippen LogP contribution in [0.3, 0.4) is 0 Å². The summed E-state index contributed by atoms with van der Waals surface area (Å²) in [5.74, 6) is 1.57. The predicted molar refractivity (Wildman–Crippen MR) is 78.7 cm³/mol. The van der Waals surface area contributed by atoms with Gasteiger partial charge in [0.1, 0.15) is 6.23 Å². The Bertz CT molecular complexity index is 366. The van der Waals surface area contributed by atoms with Gasteiger partial charge in [-0.05, 0) is 68.1 Å². The molecular formula is C17H31NO. The Hall–Kier alpha value is -0.0800. The van der Waals surface area contributed by atoms with Gasteiger partial charge in [0.05, 0.1) is 5.60 Å². The first-order chi connectivity index (χ1) is 8.78. The third-order valence-electron chi connectivity index (χ3n) is 6.90. The Kier molecular flexibility index (Phi) is 3.07. The van der Waals surface area contributed by atoms with E-state index >= 15 is 0 Å². The standard InChI is InChI=1S/C17H31NO/c1-15(2)9-5-10-16(3)12(15)8-11-17(4)13(16)6-7-14(18)19-17/h12-14H,5-11,18H2,1-4H3. The molecular weight excluding hydrogens is 234 g/mol. The van der Waals surface area contributed by atoms with Gasteiger partial charge in [0, 0.05) is 0 Å². The summed E-state index contributed by atoms with van der Waals surface area (Å²) in [5.41, 5.74) is 7.08. The van der Waals surface area contributed by atoms with Crippen LogP contribution in [0.25, 0.3) is 0 Å². The Balaban J connectivity index is 1.94. The molecule has 0 aromatic rings. The second-order valence-electron chi connectivity index (χ2n) is 8.54. The van der Waals surface area contributed by atoms with E-state index in [9.17, 15) is 0 Å². The van der Waals surface area contributed by atoms with Crippen molar-refractivity contribution in [3.05, 3.63) is 0 Å². The van der Waals surface area contributed by atoms with Crippen LogP contribution in [0.4, 0.5) is 0 Å². The van der Waals surface area contributed by atoms with E-state index in [4.69, 9.17) is 10.5 Å². The van der Waals surface area contributed by atoms with Crippen LogP contribution in [0.1, 0.15) is 72.6 Å². The van der Waals surface area contributed by atoms with E-state index in [1.807, 2.05) is 0 Å². The molecule has 1 heterocycles. The lowest BCUT2D eigenvalue weighted by molar-refractivity contribution is -0.234. The molecule has 0 amide bonds. The van der Waals surface area contributed by atoms with Gasteiger partial charge in [-0.2, -0.15) is 0 Å². The zero-order valence-corrected chi connectivity index (χ0v) is 13.2. The highest BCUT2D eigenvalue weighted by atomic mass is 16.5. The van der Waals surface area contributed by atoms with Crippen molar-refractivity contribution in [3.63, 3.8) is 0 Å². The number of ether oxygens (including phenoxy) is 1. The fourth-order valence-corrected chi connectivity index (χ4v) is 6.12. The fraction of sp³-hybridized carbons (Fsp3) is 1.00. The number of rotatable bonds is 0. The number of hydrogen-bond donors (Lipinski definition) is 1. The van der Waals surface area contributed by atoms with Crippen LogP contribution in [0.15, 0.2) is 0 Å². The second-order valence-corrected chi connectivity index (χ2v) is 8.54. The molecule has 3 aliphatic rings. The fourth-order valence-electron chi connectivity index (χ4n) is 6.12. The Morgan fingerprint density at radius 3 is 2.37 bits per heavy atom. The third kappa shape index (κ3) is 1.98. The summed E-state index contributed by atoms with van der Waals surface area (Å²) in [7, 11) is 0. The van der Waals surface area contributed by atoms with E-state index in [-0.39, 0.29) is 11.8 Å². The van der Waals surface area contributed by atoms with Crippen molar-refractivity contribution in [2.24, 2.45) is 28.4 Å². The van der Waals surface area contributed by atoms with Crippen molar-refractivity contribution in [2.75, 3.05) is 0 Å². The maximum atomic E-state index is 6.24. The number of nitrogens with two attached hydrogens (primary N) is 1. The first-order valence-electron chi connectivity index (χ1n) is 8.21. The van der Waals surface area contributed by atoms with E-state index in [1.54, 1.807) is 0 Å². The zero-order valence-electron chi connectivity index (χ0n) is 13.2. The van der Waals surface area contributed by atoms with E-state index in [2.05, 4.69) is 27.7 Å². The molecule has 110 valence electrons. The van der Waals surface area contributed by atoms with Crippen LogP contribution >= 0.6 is 0 Å². The van der Waals surface area contributed by atoms with Gasteiger partial charge in [0.15, 0.2) is 0 Å². The average Bonchev–Trinajstić information content (AvgIpc) is 2.25. The molecule has 2 aliphatic carbocycles. The molecule has 1 aliphatic heterocycles. The summed E-state index contributed by atoms with van der Waals surface area (Å²) in [4.78, 5) is 0. The van der Waals surface area contributed by atoms with Crippen molar-refractivity contribution in [1.82, 2.24) is 0 Å². The highest BCUT2D eigenvalue weighted by Crippen LogP contribution is 2.64. The van der Waals surface area contributed by atoms with Crippen molar-refractivity contribution < 1.29 is 4.74 Å². The maximum Gasteiger partial charge on any atom is 0.106 e. The molecule has 2 saturated carbocycles. The van der Waals surface area contributed by atoms with Gasteiger partial charge in [-0.1, -0.05) is 27.2 Å². The molecule has 19 heavy (non-hydrogen) atoms. The number of hydrogen-bond acceptors (Lipinski definition) is 2. The molecule has 0 aromatic heterocycles. The first kappa shape index (κ1) is 13.9. The quantitative estimate of drug-likeness (QED) is 0.716. The highest BCUT2D eigenvalue weighted by Gasteiger charge is 2.59. The normalized spacial score (nSPS) is 53.2. The van der Waals surface area contributed by atoms with Crippen LogP contribution in [-0.4, -0.2) is 11.8 Å². The summed E-state index contributed by atoms with van der Waals surface area (Å²) in [5, 5.41) is 0. The second kappa shape index (κ2) is 4.21. The molecule has 0 spiro atoms. The van der Waals surface area contributed by atoms with Crippen LogP contribution in [0, 0.1) is 22.7 Å². The molecule has 1 saturated heterocycles. The van der Waals surface area contributed by atoms with Crippen molar-refractivity contribution in [2.45, 2.75) is 84.5 Å². The molecule has 0 bridgehead atoms. The minimum Gasteiger partial charge on any atom is -0.357 e. The largest absolute Gasteiger partial charge is 0.357 e. The van der Waals surface area contributed by atoms with Crippen molar-refractivity contribution >= 4 is 0 Å². The average molecular weight is 265 g/mol. The van der Waals surface area contributed by atoms with Gasteiger partial charge in [-0.3, -0.25) is 0 Å². The van der Waals surface area contributed by atoms with Crippen molar-refractivity contribution in [1.29, 1.82) is 0 Å². The first-order valence-corrected chi connectivity index (χ1v) is 8.21. The van der Waals surface area contributed by atoms with Crippen LogP contribution in [-0.2, 0) is 4.74 Å². The molecule has 0 aromatic carbocycles. The lowest BCUT2D eigenvalue weighted by Crippen LogP contribution is -2.61. The monoisotopic (exact) mass is 265 g/mol. The molecule has 3 fully saturated rings. The molecule has 0 radical (unpaired) electrons. The molecule has 2 N–H and O–H groups in total. The van der Waals surface area contributed by atoms with E-state index in [1.165, 1.54) is 38.5 Å². The molecule has 5 unspecified atom stereocenters.